The number of aromatic nitrogens is 1. The normalized spacial score (nSPS) is 17.0. The Morgan fingerprint density at radius 2 is 1.85 bits per heavy atom. The van der Waals surface area contributed by atoms with Crippen molar-refractivity contribution in [2.45, 2.75) is 32.8 Å². The molecule has 41 heavy (non-hydrogen) atoms. The van der Waals surface area contributed by atoms with Crippen LogP contribution >= 0.6 is 0 Å². The van der Waals surface area contributed by atoms with Crippen LogP contribution in [0.5, 0.6) is 0 Å². The maximum Gasteiger partial charge on any atom is 0.414 e. The molecule has 3 heterocycles. The second-order valence-electron chi connectivity index (χ2n) is 10.3. The smallest absolute Gasteiger partial charge is 0.414 e. The third-order valence-electron chi connectivity index (χ3n) is 6.71. The summed E-state index contributed by atoms with van der Waals surface area (Å²) in [6.45, 7) is 4.75. The quantitative estimate of drug-likeness (QED) is 0.431. The van der Waals surface area contributed by atoms with Gasteiger partial charge in [0.2, 0.25) is 5.91 Å². The number of pyridine rings is 1. The Balaban J connectivity index is 1.29. The summed E-state index contributed by atoms with van der Waals surface area (Å²) in [6, 6.07) is 5.34. The highest BCUT2D eigenvalue weighted by atomic mass is 19.1. The Morgan fingerprint density at radius 3 is 2.49 bits per heavy atom. The molecule has 220 valence electrons. The largest absolute Gasteiger partial charge is 0.465 e. The molecular formula is C28H33F2N5O6. The summed E-state index contributed by atoms with van der Waals surface area (Å²) in [5.41, 5.74) is 0.0959. The maximum absolute atomic E-state index is 15.1. The van der Waals surface area contributed by atoms with Crippen LogP contribution in [0.3, 0.4) is 0 Å². The van der Waals surface area contributed by atoms with Crippen molar-refractivity contribution in [2.24, 2.45) is 5.92 Å². The Labute approximate surface area is 236 Å². The lowest BCUT2D eigenvalue weighted by Crippen LogP contribution is -2.51. The Hall–Kier alpha value is -4.29. The third kappa shape index (κ3) is 7.68. The van der Waals surface area contributed by atoms with Crippen molar-refractivity contribution in [1.82, 2.24) is 15.2 Å². The van der Waals surface area contributed by atoms with Gasteiger partial charge in [-0.3, -0.25) is 24.3 Å². The van der Waals surface area contributed by atoms with Gasteiger partial charge in [0.05, 0.1) is 30.9 Å². The van der Waals surface area contributed by atoms with Crippen LogP contribution in [-0.4, -0.2) is 85.7 Å². The zero-order valence-electron chi connectivity index (χ0n) is 23.0. The van der Waals surface area contributed by atoms with Crippen molar-refractivity contribution in [3.63, 3.8) is 0 Å². The number of amides is 3. The predicted molar refractivity (Wildman–Crippen MR) is 144 cm³/mol. The topological polar surface area (TPSA) is 121 Å². The van der Waals surface area contributed by atoms with Gasteiger partial charge in [0.15, 0.2) is 11.6 Å². The van der Waals surface area contributed by atoms with Crippen molar-refractivity contribution < 1.29 is 37.4 Å². The lowest BCUT2D eigenvalue weighted by Gasteiger charge is -2.36. The number of carbonyl (C=O) groups excluding carboxylic acids is 4. The maximum atomic E-state index is 15.1. The van der Waals surface area contributed by atoms with Gasteiger partial charge in [0.25, 0.3) is 5.91 Å². The highest BCUT2D eigenvalue weighted by Crippen LogP contribution is 2.32. The van der Waals surface area contributed by atoms with Crippen molar-refractivity contribution in [3.05, 3.63) is 53.9 Å². The molecule has 2 aromatic rings. The summed E-state index contributed by atoms with van der Waals surface area (Å²) in [5.74, 6) is -2.63. The van der Waals surface area contributed by atoms with Crippen molar-refractivity contribution in [3.8, 4) is 0 Å². The van der Waals surface area contributed by atoms with Crippen molar-refractivity contribution in [2.75, 3.05) is 55.7 Å². The average molecular weight is 574 g/mol. The van der Waals surface area contributed by atoms with Crippen LogP contribution in [0.2, 0.25) is 0 Å². The molecule has 0 saturated carbocycles. The van der Waals surface area contributed by atoms with Gasteiger partial charge in [-0.2, -0.15) is 0 Å². The van der Waals surface area contributed by atoms with Gasteiger partial charge in [-0.1, -0.05) is 13.8 Å². The van der Waals surface area contributed by atoms with E-state index in [1.807, 2.05) is 13.8 Å². The van der Waals surface area contributed by atoms with E-state index in [2.05, 4.69) is 10.3 Å². The average Bonchev–Trinajstić information content (AvgIpc) is 3.34. The summed E-state index contributed by atoms with van der Waals surface area (Å²) < 4.78 is 40.7. The zero-order valence-corrected chi connectivity index (χ0v) is 23.0. The standard InChI is InChI=1S/C28H33F2N5O6/c1-18(2)17-40-25(37)6-5-21-16-35(28(39)41-21)20-12-22(29)26(23(30)13-20)34-10-8-33(9-11-34)24(36)15-32-27(38)19-4-3-7-31-14-19/h3-4,7,12-14,18,21H,5-6,8-11,15-17H2,1-2H3,(H,32,38)/t21-/m0/s1. The van der Waals surface area contributed by atoms with Gasteiger partial charge in [0.1, 0.15) is 11.8 Å². The first-order chi connectivity index (χ1) is 19.6. The molecule has 1 atom stereocenters. The van der Waals surface area contributed by atoms with Gasteiger partial charge in [-0.05, 0) is 24.5 Å². The van der Waals surface area contributed by atoms with Crippen LogP contribution in [-0.2, 0) is 19.1 Å². The van der Waals surface area contributed by atoms with E-state index in [1.54, 1.807) is 12.1 Å². The number of carbonyl (C=O) groups is 4. The van der Waals surface area contributed by atoms with E-state index in [0.717, 1.165) is 17.0 Å². The summed E-state index contributed by atoms with van der Waals surface area (Å²) in [4.78, 5) is 57.0. The monoisotopic (exact) mass is 573 g/mol. The molecule has 0 bridgehead atoms. The number of hydrogen-bond donors (Lipinski definition) is 1. The summed E-state index contributed by atoms with van der Waals surface area (Å²) in [7, 11) is 0. The number of nitrogens with zero attached hydrogens (tertiary/aromatic N) is 4. The molecule has 2 aliphatic heterocycles. The highest BCUT2D eigenvalue weighted by molar-refractivity contribution is 5.96. The molecule has 13 heteroatoms. The lowest BCUT2D eigenvalue weighted by atomic mass is 10.1. The summed E-state index contributed by atoms with van der Waals surface area (Å²) >= 11 is 0. The molecule has 1 N–H and O–H groups in total. The molecular weight excluding hydrogens is 540 g/mol. The van der Waals surface area contributed by atoms with E-state index in [0.29, 0.717) is 12.2 Å². The predicted octanol–water partition coefficient (Wildman–Crippen LogP) is 2.74. The molecule has 2 saturated heterocycles. The van der Waals surface area contributed by atoms with Crippen molar-refractivity contribution in [1.29, 1.82) is 0 Å². The first-order valence-corrected chi connectivity index (χ1v) is 13.5. The minimum Gasteiger partial charge on any atom is -0.465 e. The number of piperazine rings is 1. The molecule has 0 spiro atoms. The van der Waals surface area contributed by atoms with E-state index in [4.69, 9.17) is 9.47 Å². The summed E-state index contributed by atoms with van der Waals surface area (Å²) in [6.07, 6.45) is 1.86. The molecule has 3 amide bonds. The van der Waals surface area contributed by atoms with E-state index in [1.165, 1.54) is 22.2 Å². The third-order valence-corrected chi connectivity index (χ3v) is 6.71. The SMILES string of the molecule is CC(C)COC(=O)CC[C@H]1CN(c2cc(F)c(N3CCN(C(=O)CNC(=O)c4cccnc4)CC3)c(F)c2)C(=O)O1. The minimum atomic E-state index is -0.850. The highest BCUT2D eigenvalue weighted by Gasteiger charge is 2.34. The first-order valence-electron chi connectivity index (χ1n) is 13.5. The number of benzene rings is 1. The molecule has 4 rings (SSSR count). The Kier molecular flexibility index (Phi) is 9.69. The molecule has 11 nitrogen and oxygen atoms in total. The molecule has 0 unspecified atom stereocenters. The van der Waals surface area contributed by atoms with Crippen LogP contribution in [0, 0.1) is 17.6 Å². The van der Waals surface area contributed by atoms with Gasteiger partial charge < -0.3 is 24.6 Å². The fourth-order valence-corrected chi connectivity index (χ4v) is 4.55. The second kappa shape index (κ2) is 13.4. The molecule has 1 aromatic carbocycles. The van der Waals surface area contributed by atoms with Crippen LogP contribution < -0.4 is 15.1 Å². The number of rotatable bonds is 10. The first kappa shape index (κ1) is 29.7. The fraction of sp³-hybridized carbons (Fsp3) is 0.464. The Morgan fingerprint density at radius 1 is 1.15 bits per heavy atom. The molecule has 2 fully saturated rings. The van der Waals surface area contributed by atoms with Gasteiger partial charge >= 0.3 is 12.1 Å². The molecule has 0 radical (unpaired) electrons. The van der Waals surface area contributed by atoms with Crippen LogP contribution in [0.1, 0.15) is 37.0 Å². The van der Waals surface area contributed by atoms with E-state index < -0.39 is 35.7 Å². The van der Waals surface area contributed by atoms with Crippen molar-refractivity contribution >= 4 is 35.3 Å². The van der Waals surface area contributed by atoms with Gasteiger partial charge in [0, 0.05) is 57.1 Å². The Bertz CT molecular complexity index is 1250. The lowest BCUT2D eigenvalue weighted by molar-refractivity contribution is -0.145. The van der Waals surface area contributed by atoms with E-state index in [-0.39, 0.29) is 75.3 Å². The number of nitrogens with one attached hydrogen (secondary N) is 1. The van der Waals surface area contributed by atoms with Gasteiger partial charge in [-0.15, -0.1) is 0 Å². The number of esters is 1. The number of ether oxygens (including phenoxy) is 2. The van der Waals surface area contributed by atoms with E-state index >= 15 is 8.78 Å². The number of anilines is 2. The second-order valence-corrected chi connectivity index (χ2v) is 10.3. The minimum absolute atomic E-state index is 0.0109. The molecule has 2 aliphatic rings. The number of cyclic esters (lactones) is 1. The molecule has 0 aliphatic carbocycles. The van der Waals surface area contributed by atoms with Crippen LogP contribution in [0.25, 0.3) is 0 Å². The molecule has 1 aromatic heterocycles. The number of hydrogen-bond acceptors (Lipinski definition) is 8. The number of halogens is 2. The van der Waals surface area contributed by atoms with Gasteiger partial charge in [-0.25, -0.2) is 13.6 Å². The zero-order chi connectivity index (χ0) is 29.5. The van der Waals surface area contributed by atoms with Crippen LogP contribution in [0.15, 0.2) is 36.7 Å². The van der Waals surface area contributed by atoms with E-state index in [9.17, 15) is 19.2 Å². The fourth-order valence-electron chi connectivity index (χ4n) is 4.55. The van der Waals surface area contributed by atoms with Crippen LogP contribution in [0.4, 0.5) is 25.0 Å². The summed E-state index contributed by atoms with van der Waals surface area (Å²) in [5, 5.41) is 2.55.